The smallest absolute Gasteiger partial charge is 0.317 e. The van der Waals surface area contributed by atoms with Gasteiger partial charge in [0.05, 0.1) is 18.1 Å². The Morgan fingerprint density at radius 2 is 1.81 bits per heavy atom. The fourth-order valence-corrected chi connectivity index (χ4v) is 2.57. The Morgan fingerprint density at radius 3 is 2.33 bits per heavy atom. The van der Waals surface area contributed by atoms with Gasteiger partial charge in [-0.3, -0.25) is 4.79 Å². The van der Waals surface area contributed by atoms with Crippen molar-refractivity contribution < 1.29 is 19.4 Å². The molecule has 4 atom stereocenters. The predicted octanol–water partition coefficient (Wildman–Crippen LogP) is 2.08. The highest BCUT2D eigenvalue weighted by Crippen LogP contribution is 2.12. The first-order valence-corrected chi connectivity index (χ1v) is 7.73. The summed E-state index contributed by atoms with van der Waals surface area (Å²) in [5.74, 6) is -1.09. The number of nitrogens with zero attached hydrogens (tertiary/aromatic N) is 1. The number of ether oxygens (including phenoxy) is 1. The number of amides is 2. The molecule has 4 unspecified atom stereocenters. The van der Waals surface area contributed by atoms with Gasteiger partial charge in [0, 0.05) is 19.1 Å². The van der Waals surface area contributed by atoms with Crippen LogP contribution in [0.1, 0.15) is 47.0 Å². The van der Waals surface area contributed by atoms with Gasteiger partial charge in [0.25, 0.3) is 0 Å². The number of carbonyl (C=O) groups excluding carboxylic acids is 1. The highest BCUT2D eigenvalue weighted by molar-refractivity contribution is 5.74. The molecular formula is C15H28N2O4. The lowest BCUT2D eigenvalue weighted by Crippen LogP contribution is -2.53. The molecular weight excluding hydrogens is 272 g/mol. The van der Waals surface area contributed by atoms with Crippen LogP contribution in [0.15, 0.2) is 0 Å². The van der Waals surface area contributed by atoms with Crippen molar-refractivity contribution in [3.8, 4) is 0 Å². The number of carbonyl (C=O) groups is 2. The number of hydrogen-bond donors (Lipinski definition) is 2. The molecule has 0 spiro atoms. The van der Waals surface area contributed by atoms with Gasteiger partial charge in [0.15, 0.2) is 0 Å². The van der Waals surface area contributed by atoms with Gasteiger partial charge in [-0.05, 0) is 33.6 Å². The molecule has 0 aromatic rings. The van der Waals surface area contributed by atoms with Crippen LogP contribution in [-0.2, 0) is 9.53 Å². The molecule has 2 N–H and O–H groups in total. The van der Waals surface area contributed by atoms with Gasteiger partial charge in [-0.1, -0.05) is 13.3 Å². The summed E-state index contributed by atoms with van der Waals surface area (Å²) in [5, 5.41) is 11.8. The van der Waals surface area contributed by atoms with E-state index in [2.05, 4.69) is 5.32 Å². The van der Waals surface area contributed by atoms with Gasteiger partial charge in [-0.25, -0.2) is 4.79 Å². The van der Waals surface area contributed by atoms with E-state index in [0.717, 1.165) is 12.8 Å². The third-order valence-corrected chi connectivity index (χ3v) is 3.77. The number of hydrogen-bond acceptors (Lipinski definition) is 3. The van der Waals surface area contributed by atoms with Crippen LogP contribution in [0.5, 0.6) is 0 Å². The quantitative estimate of drug-likeness (QED) is 0.787. The number of nitrogens with one attached hydrogen (secondary N) is 1. The van der Waals surface area contributed by atoms with Crippen molar-refractivity contribution >= 4 is 12.0 Å². The molecule has 0 aliphatic carbocycles. The normalized spacial score (nSPS) is 25.2. The summed E-state index contributed by atoms with van der Waals surface area (Å²) in [6.07, 6.45) is 2.35. The Kier molecular flexibility index (Phi) is 6.95. The van der Waals surface area contributed by atoms with E-state index >= 15 is 0 Å². The zero-order chi connectivity index (χ0) is 16.0. The molecule has 0 aromatic carbocycles. The first kappa shape index (κ1) is 17.8. The summed E-state index contributed by atoms with van der Waals surface area (Å²) in [4.78, 5) is 24.7. The monoisotopic (exact) mass is 300 g/mol. The molecule has 21 heavy (non-hydrogen) atoms. The minimum absolute atomic E-state index is 0.0481. The maximum atomic E-state index is 12.2. The number of urea groups is 1. The highest BCUT2D eigenvalue weighted by Gasteiger charge is 2.26. The van der Waals surface area contributed by atoms with Gasteiger partial charge in [-0.15, -0.1) is 0 Å². The third kappa shape index (κ3) is 6.33. The molecule has 1 fully saturated rings. The maximum Gasteiger partial charge on any atom is 0.317 e. The average Bonchev–Trinajstić information content (AvgIpc) is 2.37. The second-order valence-electron chi connectivity index (χ2n) is 6.18. The minimum Gasteiger partial charge on any atom is -0.481 e. The molecule has 1 aliphatic rings. The van der Waals surface area contributed by atoms with Crippen LogP contribution >= 0.6 is 0 Å². The van der Waals surface area contributed by atoms with Crippen LogP contribution in [-0.4, -0.2) is 53.3 Å². The van der Waals surface area contributed by atoms with Gasteiger partial charge in [-0.2, -0.15) is 0 Å². The van der Waals surface area contributed by atoms with E-state index in [1.54, 1.807) is 11.8 Å². The number of morpholine rings is 1. The number of rotatable bonds is 6. The molecule has 122 valence electrons. The molecule has 1 saturated heterocycles. The van der Waals surface area contributed by atoms with Crippen molar-refractivity contribution in [2.45, 2.75) is 65.2 Å². The summed E-state index contributed by atoms with van der Waals surface area (Å²) < 4.78 is 5.61. The van der Waals surface area contributed by atoms with E-state index in [4.69, 9.17) is 9.84 Å². The van der Waals surface area contributed by atoms with Gasteiger partial charge < -0.3 is 20.1 Å². The molecule has 1 aliphatic heterocycles. The Bertz CT molecular complexity index is 352. The second-order valence-corrected chi connectivity index (χ2v) is 6.18. The fourth-order valence-electron chi connectivity index (χ4n) is 2.57. The van der Waals surface area contributed by atoms with Crippen molar-refractivity contribution in [3.05, 3.63) is 0 Å². The van der Waals surface area contributed by atoms with Crippen molar-refractivity contribution in [3.63, 3.8) is 0 Å². The Labute approximate surface area is 126 Å². The van der Waals surface area contributed by atoms with Crippen molar-refractivity contribution in [1.29, 1.82) is 0 Å². The molecule has 1 rings (SSSR count). The second kappa shape index (κ2) is 8.22. The van der Waals surface area contributed by atoms with E-state index < -0.39 is 5.97 Å². The van der Waals surface area contributed by atoms with Crippen LogP contribution in [0.4, 0.5) is 4.79 Å². The zero-order valence-electron chi connectivity index (χ0n) is 13.5. The number of carboxylic acid groups (broad SMARTS) is 1. The molecule has 0 radical (unpaired) electrons. The van der Waals surface area contributed by atoms with Crippen molar-refractivity contribution in [2.24, 2.45) is 5.92 Å². The first-order chi connectivity index (χ1) is 9.79. The Hall–Kier alpha value is -1.30. The van der Waals surface area contributed by atoms with E-state index in [1.807, 2.05) is 20.8 Å². The number of carboxylic acids is 1. The molecule has 2 amide bonds. The third-order valence-electron chi connectivity index (χ3n) is 3.77. The van der Waals surface area contributed by atoms with Crippen molar-refractivity contribution in [2.75, 3.05) is 13.1 Å². The van der Waals surface area contributed by atoms with E-state index in [-0.39, 0.29) is 30.2 Å². The summed E-state index contributed by atoms with van der Waals surface area (Å²) >= 11 is 0. The van der Waals surface area contributed by atoms with Crippen LogP contribution < -0.4 is 5.32 Å². The molecule has 6 nitrogen and oxygen atoms in total. The standard InChI is InChI=1S/C15H28N2O4/c1-10(14(18)19)6-5-7-11(2)16-15(20)17-8-12(3)21-13(4)9-17/h10-13H,5-9H2,1-4H3,(H,16,20)(H,18,19). The Balaban J connectivity index is 2.28. The predicted molar refractivity (Wildman–Crippen MR) is 80.2 cm³/mol. The van der Waals surface area contributed by atoms with E-state index in [1.165, 1.54) is 0 Å². The average molecular weight is 300 g/mol. The summed E-state index contributed by atoms with van der Waals surface area (Å²) in [7, 11) is 0. The molecule has 6 heteroatoms. The lowest BCUT2D eigenvalue weighted by Gasteiger charge is -2.35. The van der Waals surface area contributed by atoms with Gasteiger partial charge >= 0.3 is 12.0 Å². The first-order valence-electron chi connectivity index (χ1n) is 7.73. The molecule has 1 heterocycles. The number of aliphatic carboxylic acids is 1. The van der Waals surface area contributed by atoms with Gasteiger partial charge in [0.2, 0.25) is 0 Å². The largest absolute Gasteiger partial charge is 0.481 e. The lowest BCUT2D eigenvalue weighted by atomic mass is 10.0. The van der Waals surface area contributed by atoms with Crippen LogP contribution in [0.2, 0.25) is 0 Å². The van der Waals surface area contributed by atoms with Crippen LogP contribution in [0.3, 0.4) is 0 Å². The van der Waals surface area contributed by atoms with Crippen LogP contribution in [0.25, 0.3) is 0 Å². The minimum atomic E-state index is -0.761. The summed E-state index contributed by atoms with van der Waals surface area (Å²) in [5.41, 5.74) is 0. The van der Waals surface area contributed by atoms with Crippen molar-refractivity contribution in [1.82, 2.24) is 10.2 Å². The lowest BCUT2D eigenvalue weighted by molar-refractivity contribution is -0.141. The topological polar surface area (TPSA) is 78.9 Å². The summed E-state index contributed by atoms with van der Waals surface area (Å²) in [6, 6.07) is -0.0114. The maximum absolute atomic E-state index is 12.2. The highest BCUT2D eigenvalue weighted by atomic mass is 16.5. The molecule has 0 saturated carbocycles. The Morgan fingerprint density at radius 1 is 1.24 bits per heavy atom. The van der Waals surface area contributed by atoms with Crippen LogP contribution in [0, 0.1) is 5.92 Å². The SMILES string of the molecule is CC(CCCC(C)C(=O)O)NC(=O)N1CC(C)OC(C)C1. The van der Waals surface area contributed by atoms with E-state index in [9.17, 15) is 9.59 Å². The summed E-state index contributed by atoms with van der Waals surface area (Å²) in [6.45, 7) is 8.82. The van der Waals surface area contributed by atoms with Gasteiger partial charge in [0.1, 0.15) is 0 Å². The molecule has 0 aromatic heterocycles. The molecule has 0 bridgehead atoms. The van der Waals surface area contributed by atoms with E-state index in [0.29, 0.717) is 19.5 Å². The fraction of sp³-hybridized carbons (Fsp3) is 0.867. The zero-order valence-corrected chi connectivity index (χ0v) is 13.5.